The molecule has 2 N–H and O–H groups in total. The molecule has 5 heteroatoms. The fraction of sp³-hybridized carbons (Fsp3) is 0.400. The maximum atomic E-state index is 12.1. The zero-order valence-corrected chi connectivity index (χ0v) is 12.7. The van der Waals surface area contributed by atoms with Gasteiger partial charge in [0.25, 0.3) is 5.91 Å². The molecule has 1 saturated heterocycles. The Balaban J connectivity index is 1.91. The quantitative estimate of drug-likeness (QED) is 0.833. The summed E-state index contributed by atoms with van der Waals surface area (Å²) in [4.78, 5) is 12.1. The van der Waals surface area contributed by atoms with Gasteiger partial charge in [0, 0.05) is 40.2 Å². The maximum absolute atomic E-state index is 12.1. The van der Waals surface area contributed by atoms with Crippen LogP contribution in [-0.2, 0) is 0 Å². The minimum atomic E-state index is -0.174. The van der Waals surface area contributed by atoms with Gasteiger partial charge in [-0.25, -0.2) is 0 Å². The highest BCUT2D eigenvalue weighted by molar-refractivity contribution is 8.06. The van der Waals surface area contributed by atoms with Gasteiger partial charge in [0.2, 0.25) is 0 Å². The number of amides is 1. The van der Waals surface area contributed by atoms with E-state index in [-0.39, 0.29) is 12.5 Å². The molecule has 1 amide bonds. The Morgan fingerprint density at radius 2 is 2.35 bits per heavy atom. The van der Waals surface area contributed by atoms with E-state index < -0.39 is 0 Å². The lowest BCUT2D eigenvalue weighted by Crippen LogP contribution is -2.33. The van der Waals surface area contributed by atoms with Crippen LogP contribution in [0.2, 0.25) is 0 Å². The van der Waals surface area contributed by atoms with Crippen molar-refractivity contribution in [1.82, 2.24) is 5.32 Å². The Morgan fingerprint density at radius 3 is 3.10 bits per heavy atom. The molecule has 0 aliphatic carbocycles. The molecular weight excluding hydrogens is 290 g/mol. The standard InChI is InChI=1S/C15H17NO2S2/c17-6-2-4-12-3-1-5-13(9-12)15(18)16-10-14-11-19-7-8-20-14/h1,3,5,9,14,17H,6-8,10-11H2,(H,16,18). The van der Waals surface area contributed by atoms with Crippen molar-refractivity contribution < 1.29 is 9.90 Å². The van der Waals surface area contributed by atoms with Crippen LogP contribution < -0.4 is 5.32 Å². The maximum Gasteiger partial charge on any atom is 0.251 e. The van der Waals surface area contributed by atoms with Gasteiger partial charge < -0.3 is 10.4 Å². The second-order valence-electron chi connectivity index (χ2n) is 4.32. The van der Waals surface area contributed by atoms with Crippen molar-refractivity contribution in [1.29, 1.82) is 0 Å². The van der Waals surface area contributed by atoms with Gasteiger partial charge in [-0.15, -0.1) is 0 Å². The summed E-state index contributed by atoms with van der Waals surface area (Å²) in [6.45, 7) is 0.538. The van der Waals surface area contributed by atoms with Crippen LogP contribution in [0.25, 0.3) is 0 Å². The number of benzene rings is 1. The number of hydrogen-bond acceptors (Lipinski definition) is 4. The van der Waals surface area contributed by atoms with Crippen molar-refractivity contribution in [3.05, 3.63) is 35.4 Å². The van der Waals surface area contributed by atoms with E-state index in [9.17, 15) is 4.79 Å². The molecule has 1 fully saturated rings. The number of carbonyl (C=O) groups is 1. The molecule has 1 heterocycles. The molecule has 2 rings (SSSR count). The van der Waals surface area contributed by atoms with Crippen LogP contribution in [0.4, 0.5) is 0 Å². The van der Waals surface area contributed by atoms with Gasteiger partial charge >= 0.3 is 0 Å². The smallest absolute Gasteiger partial charge is 0.251 e. The fourth-order valence-electron chi connectivity index (χ4n) is 1.84. The number of carbonyl (C=O) groups excluding carboxylic acids is 1. The van der Waals surface area contributed by atoms with Crippen molar-refractivity contribution in [3.63, 3.8) is 0 Å². The van der Waals surface area contributed by atoms with Gasteiger partial charge in [-0.05, 0) is 18.2 Å². The molecule has 106 valence electrons. The second-order valence-corrected chi connectivity index (χ2v) is 6.88. The molecule has 1 aromatic carbocycles. The van der Waals surface area contributed by atoms with Crippen LogP contribution in [0.1, 0.15) is 15.9 Å². The molecule has 0 bridgehead atoms. The van der Waals surface area contributed by atoms with E-state index >= 15 is 0 Å². The normalized spacial score (nSPS) is 17.9. The number of hydrogen-bond donors (Lipinski definition) is 2. The van der Waals surface area contributed by atoms with E-state index in [0.717, 1.165) is 17.1 Å². The van der Waals surface area contributed by atoms with E-state index in [4.69, 9.17) is 5.11 Å². The van der Waals surface area contributed by atoms with Crippen molar-refractivity contribution >= 4 is 29.4 Å². The van der Waals surface area contributed by atoms with E-state index in [2.05, 4.69) is 17.2 Å². The predicted molar refractivity (Wildman–Crippen MR) is 86.3 cm³/mol. The Kier molecular flexibility index (Phi) is 6.31. The highest BCUT2D eigenvalue weighted by atomic mass is 32.2. The van der Waals surface area contributed by atoms with E-state index in [1.807, 2.05) is 35.7 Å². The minimum absolute atomic E-state index is 0.0613. The van der Waals surface area contributed by atoms with Gasteiger partial charge in [-0.1, -0.05) is 17.9 Å². The summed E-state index contributed by atoms with van der Waals surface area (Å²) in [5, 5.41) is 12.2. The Labute approximate surface area is 127 Å². The van der Waals surface area contributed by atoms with Crippen LogP contribution in [0, 0.1) is 11.8 Å². The highest BCUT2D eigenvalue weighted by Crippen LogP contribution is 2.23. The topological polar surface area (TPSA) is 49.3 Å². The lowest BCUT2D eigenvalue weighted by Gasteiger charge is -2.21. The molecule has 20 heavy (non-hydrogen) atoms. The number of rotatable bonds is 3. The molecule has 1 aromatic rings. The predicted octanol–water partition coefficient (Wildman–Crippen LogP) is 1.61. The average Bonchev–Trinajstić information content (AvgIpc) is 2.52. The van der Waals surface area contributed by atoms with Gasteiger partial charge in [0.05, 0.1) is 0 Å². The molecular formula is C15H17NO2S2. The summed E-state index contributed by atoms with van der Waals surface area (Å²) >= 11 is 3.88. The second kappa shape index (κ2) is 8.25. The van der Waals surface area contributed by atoms with Crippen molar-refractivity contribution in [3.8, 4) is 11.8 Å². The lowest BCUT2D eigenvalue weighted by molar-refractivity contribution is 0.0954. The first-order valence-corrected chi connectivity index (χ1v) is 8.67. The zero-order valence-electron chi connectivity index (χ0n) is 11.1. The SMILES string of the molecule is O=C(NCC1CSCCS1)c1cccc(C#CCO)c1. The Morgan fingerprint density at radius 1 is 1.45 bits per heavy atom. The Bertz CT molecular complexity index is 516. The summed E-state index contributed by atoms with van der Waals surface area (Å²) in [6, 6.07) is 7.16. The lowest BCUT2D eigenvalue weighted by atomic mass is 10.1. The summed E-state index contributed by atoms with van der Waals surface area (Å²) in [5.41, 5.74) is 1.36. The molecule has 0 spiro atoms. The minimum Gasteiger partial charge on any atom is -0.384 e. The molecule has 0 saturated carbocycles. The van der Waals surface area contributed by atoms with Crippen molar-refractivity contribution in [2.75, 3.05) is 30.4 Å². The summed E-state index contributed by atoms with van der Waals surface area (Å²) < 4.78 is 0. The molecule has 0 aromatic heterocycles. The zero-order chi connectivity index (χ0) is 14.2. The first-order chi connectivity index (χ1) is 9.79. The van der Waals surface area contributed by atoms with Crippen LogP contribution in [0.3, 0.4) is 0 Å². The fourth-order valence-corrected chi connectivity index (χ4v) is 4.45. The van der Waals surface area contributed by atoms with Gasteiger partial charge in [-0.2, -0.15) is 23.5 Å². The third-order valence-electron chi connectivity index (χ3n) is 2.81. The number of aliphatic hydroxyl groups is 1. The van der Waals surface area contributed by atoms with Crippen LogP contribution in [0.5, 0.6) is 0 Å². The average molecular weight is 307 g/mol. The third-order valence-corrected chi connectivity index (χ3v) is 5.66. The van der Waals surface area contributed by atoms with E-state index in [1.54, 1.807) is 12.1 Å². The molecule has 1 unspecified atom stereocenters. The van der Waals surface area contributed by atoms with Gasteiger partial charge in [0.1, 0.15) is 6.61 Å². The van der Waals surface area contributed by atoms with E-state index in [0.29, 0.717) is 17.4 Å². The number of thioether (sulfide) groups is 2. The van der Waals surface area contributed by atoms with Crippen molar-refractivity contribution in [2.24, 2.45) is 0 Å². The van der Waals surface area contributed by atoms with Gasteiger partial charge in [-0.3, -0.25) is 4.79 Å². The molecule has 0 radical (unpaired) electrons. The van der Waals surface area contributed by atoms with Crippen LogP contribution in [-0.4, -0.2) is 46.7 Å². The van der Waals surface area contributed by atoms with Gasteiger partial charge in [0.15, 0.2) is 0 Å². The molecule has 1 atom stereocenters. The summed E-state index contributed by atoms with van der Waals surface area (Å²) in [7, 11) is 0. The molecule has 1 aliphatic rings. The van der Waals surface area contributed by atoms with E-state index in [1.165, 1.54) is 5.75 Å². The summed E-state index contributed by atoms with van der Waals surface area (Å²) in [6.07, 6.45) is 0. The molecule has 1 aliphatic heterocycles. The number of aliphatic hydroxyl groups excluding tert-OH is 1. The largest absolute Gasteiger partial charge is 0.384 e. The van der Waals surface area contributed by atoms with Crippen LogP contribution >= 0.6 is 23.5 Å². The van der Waals surface area contributed by atoms with Crippen molar-refractivity contribution in [2.45, 2.75) is 5.25 Å². The first kappa shape index (κ1) is 15.3. The first-order valence-electron chi connectivity index (χ1n) is 6.47. The third kappa shape index (κ3) is 4.78. The monoisotopic (exact) mass is 307 g/mol. The van der Waals surface area contributed by atoms with Crippen LogP contribution in [0.15, 0.2) is 24.3 Å². The number of nitrogens with one attached hydrogen (secondary N) is 1. The highest BCUT2D eigenvalue weighted by Gasteiger charge is 2.15. The summed E-state index contributed by atoms with van der Waals surface area (Å²) in [5.74, 6) is 8.81. The molecule has 3 nitrogen and oxygen atoms in total. The Hall–Kier alpha value is -1.09.